The number of allylic oxidation sites excluding steroid dienone is 1. The Morgan fingerprint density at radius 3 is 3.00 bits per heavy atom. The number of rotatable bonds is 6. The van der Waals surface area contributed by atoms with Crippen molar-refractivity contribution in [2.75, 3.05) is 19.6 Å². The van der Waals surface area contributed by atoms with Gasteiger partial charge in [0.1, 0.15) is 6.04 Å². The number of quaternary nitrogens is 1. The Morgan fingerprint density at radius 2 is 2.15 bits per heavy atom. The van der Waals surface area contributed by atoms with Gasteiger partial charge in [0.25, 0.3) is 5.91 Å². The van der Waals surface area contributed by atoms with Crippen LogP contribution in [0.15, 0.2) is 35.9 Å². The minimum absolute atomic E-state index is 0.189. The molecule has 27 heavy (non-hydrogen) atoms. The molecule has 0 saturated carbocycles. The lowest BCUT2D eigenvalue weighted by atomic mass is 9.97. The summed E-state index contributed by atoms with van der Waals surface area (Å²) in [7, 11) is 0. The zero-order valence-electron chi connectivity index (χ0n) is 16.0. The highest BCUT2D eigenvalue weighted by Gasteiger charge is 2.31. The van der Waals surface area contributed by atoms with Gasteiger partial charge in [-0.1, -0.05) is 23.8 Å². The van der Waals surface area contributed by atoms with E-state index in [9.17, 15) is 4.79 Å². The number of hydrogen-bond donors (Lipinski definition) is 2. The maximum absolute atomic E-state index is 12.5. The Bertz CT molecular complexity index is 780. The van der Waals surface area contributed by atoms with E-state index < -0.39 is 0 Å². The summed E-state index contributed by atoms with van der Waals surface area (Å²) in [5.74, 6) is 0.189. The third-order valence-electron chi connectivity index (χ3n) is 5.88. The van der Waals surface area contributed by atoms with Crippen LogP contribution >= 0.6 is 11.3 Å². The molecule has 1 fully saturated rings. The van der Waals surface area contributed by atoms with Gasteiger partial charge < -0.3 is 10.2 Å². The minimum atomic E-state index is 0.189. The van der Waals surface area contributed by atoms with Crippen molar-refractivity contribution in [2.24, 2.45) is 0 Å². The minimum Gasteiger partial charge on any atom is -0.351 e. The molecule has 5 heteroatoms. The zero-order valence-corrected chi connectivity index (χ0v) is 16.8. The van der Waals surface area contributed by atoms with Crippen molar-refractivity contribution in [1.82, 2.24) is 10.3 Å². The zero-order chi connectivity index (χ0) is 18.5. The monoisotopic (exact) mass is 384 g/mol. The summed E-state index contributed by atoms with van der Waals surface area (Å²) in [6, 6.07) is 8.72. The average molecular weight is 385 g/mol. The van der Waals surface area contributed by atoms with Crippen molar-refractivity contribution >= 4 is 27.5 Å². The Hall–Kier alpha value is -1.72. The summed E-state index contributed by atoms with van der Waals surface area (Å²) in [4.78, 5) is 18.8. The third-order valence-corrected chi connectivity index (χ3v) is 7.03. The summed E-state index contributed by atoms with van der Waals surface area (Å²) in [6.45, 7) is 2.42. The molecule has 144 valence electrons. The van der Waals surface area contributed by atoms with E-state index in [2.05, 4.69) is 29.6 Å². The van der Waals surface area contributed by atoms with Crippen LogP contribution in [0.1, 0.15) is 62.4 Å². The van der Waals surface area contributed by atoms with Crippen LogP contribution in [0.5, 0.6) is 0 Å². The predicted octanol–water partition coefficient (Wildman–Crippen LogP) is 3.41. The molecule has 1 aliphatic carbocycles. The van der Waals surface area contributed by atoms with Gasteiger partial charge in [-0.2, -0.15) is 0 Å². The van der Waals surface area contributed by atoms with E-state index in [4.69, 9.17) is 4.98 Å². The van der Waals surface area contributed by atoms with Crippen LogP contribution < -0.4 is 10.2 Å². The van der Waals surface area contributed by atoms with Crippen LogP contribution in [-0.4, -0.2) is 30.5 Å². The number of amides is 1. The van der Waals surface area contributed by atoms with Crippen LogP contribution in [0, 0.1) is 0 Å². The number of para-hydroxylation sites is 1. The normalized spacial score (nSPS) is 23.2. The number of thiazole rings is 1. The molecule has 0 spiro atoms. The second-order valence-electron chi connectivity index (χ2n) is 7.86. The quantitative estimate of drug-likeness (QED) is 0.750. The number of aromatic nitrogens is 1. The maximum Gasteiger partial charge on any atom is 0.275 e. The van der Waals surface area contributed by atoms with E-state index in [1.54, 1.807) is 11.3 Å². The SMILES string of the molecule is O=C(C[NH+]1CCCC[C@H]1c1nc2ccccc2s1)NCCC1=CCCCC1. The number of nitrogens with zero attached hydrogens (tertiary/aromatic N) is 1. The number of benzene rings is 1. The van der Waals surface area contributed by atoms with E-state index >= 15 is 0 Å². The number of nitrogens with one attached hydrogen (secondary N) is 2. The van der Waals surface area contributed by atoms with Gasteiger partial charge in [-0.25, -0.2) is 4.98 Å². The van der Waals surface area contributed by atoms with Crippen molar-refractivity contribution in [3.63, 3.8) is 0 Å². The molecular weight excluding hydrogens is 354 g/mol. The second kappa shape index (κ2) is 8.98. The Kier molecular flexibility index (Phi) is 6.20. The van der Waals surface area contributed by atoms with Gasteiger partial charge in [-0.3, -0.25) is 4.79 Å². The first-order valence-corrected chi connectivity index (χ1v) is 11.3. The van der Waals surface area contributed by atoms with Gasteiger partial charge in [0.2, 0.25) is 0 Å². The predicted molar refractivity (Wildman–Crippen MR) is 111 cm³/mol. The molecule has 2 aromatic rings. The molecule has 4 nitrogen and oxygen atoms in total. The van der Waals surface area contributed by atoms with Crippen LogP contribution in [0.25, 0.3) is 10.2 Å². The number of fused-ring (bicyclic) bond motifs is 1. The third kappa shape index (κ3) is 4.77. The number of carbonyl (C=O) groups is 1. The van der Waals surface area contributed by atoms with Crippen LogP contribution in [0.3, 0.4) is 0 Å². The molecule has 4 rings (SSSR count). The average Bonchev–Trinajstić information content (AvgIpc) is 3.13. The first-order valence-electron chi connectivity index (χ1n) is 10.4. The van der Waals surface area contributed by atoms with Gasteiger partial charge >= 0.3 is 0 Å². The smallest absolute Gasteiger partial charge is 0.275 e. The van der Waals surface area contributed by atoms with Crippen molar-refractivity contribution in [3.05, 3.63) is 40.9 Å². The molecule has 2 aliphatic rings. The van der Waals surface area contributed by atoms with Gasteiger partial charge in [0.05, 0.1) is 16.8 Å². The molecule has 1 aromatic heterocycles. The van der Waals surface area contributed by atoms with E-state index in [-0.39, 0.29) is 5.91 Å². The van der Waals surface area contributed by atoms with Gasteiger partial charge in [0.15, 0.2) is 11.6 Å². The second-order valence-corrected chi connectivity index (χ2v) is 8.92. The lowest BCUT2D eigenvalue weighted by molar-refractivity contribution is -0.929. The standard InChI is InChI=1S/C22H29N3OS/c26-21(23-14-13-17-8-2-1-3-9-17)16-25-15-7-6-11-19(25)22-24-18-10-4-5-12-20(18)27-22/h4-5,8,10,12,19H,1-3,6-7,9,11,13-16H2,(H,23,26)/p+1/t19-/m0/s1. The lowest BCUT2D eigenvalue weighted by Crippen LogP contribution is -3.14. The molecule has 1 amide bonds. The number of hydrogen-bond acceptors (Lipinski definition) is 3. The number of piperidine rings is 1. The molecular formula is C22H30N3OS+. The Balaban J connectivity index is 1.34. The molecule has 1 aromatic carbocycles. The molecule has 1 saturated heterocycles. The van der Waals surface area contributed by atoms with Gasteiger partial charge in [0, 0.05) is 13.0 Å². The summed E-state index contributed by atoms with van der Waals surface area (Å²) in [6.07, 6.45) is 12.0. The van der Waals surface area contributed by atoms with E-state index in [0.29, 0.717) is 12.6 Å². The topological polar surface area (TPSA) is 46.4 Å². The van der Waals surface area contributed by atoms with Crippen LogP contribution in [-0.2, 0) is 4.79 Å². The van der Waals surface area contributed by atoms with Gasteiger partial charge in [-0.05, 0) is 57.1 Å². The highest BCUT2D eigenvalue weighted by atomic mass is 32.1. The van der Waals surface area contributed by atoms with Crippen molar-refractivity contribution in [3.8, 4) is 0 Å². The van der Waals surface area contributed by atoms with Crippen molar-refractivity contribution < 1.29 is 9.69 Å². The molecule has 2 heterocycles. The Morgan fingerprint density at radius 1 is 1.22 bits per heavy atom. The fourth-order valence-corrected chi connectivity index (χ4v) is 5.55. The molecule has 2 N–H and O–H groups in total. The maximum atomic E-state index is 12.5. The summed E-state index contributed by atoms with van der Waals surface area (Å²) < 4.78 is 1.25. The highest BCUT2D eigenvalue weighted by molar-refractivity contribution is 7.18. The van der Waals surface area contributed by atoms with E-state index in [1.807, 2.05) is 6.07 Å². The fourth-order valence-electron chi connectivity index (χ4n) is 4.39. The molecule has 1 aliphatic heterocycles. The summed E-state index contributed by atoms with van der Waals surface area (Å²) in [5, 5.41) is 4.36. The lowest BCUT2D eigenvalue weighted by Gasteiger charge is -2.30. The summed E-state index contributed by atoms with van der Waals surface area (Å²) >= 11 is 1.80. The largest absolute Gasteiger partial charge is 0.351 e. The molecule has 1 unspecified atom stereocenters. The molecule has 2 atom stereocenters. The van der Waals surface area contributed by atoms with Crippen molar-refractivity contribution in [2.45, 2.75) is 57.4 Å². The molecule has 0 bridgehead atoms. The van der Waals surface area contributed by atoms with Crippen molar-refractivity contribution in [1.29, 1.82) is 0 Å². The Labute approximate surface area is 165 Å². The van der Waals surface area contributed by atoms with E-state index in [0.717, 1.165) is 31.4 Å². The highest BCUT2D eigenvalue weighted by Crippen LogP contribution is 2.28. The first-order chi connectivity index (χ1) is 13.3. The first kappa shape index (κ1) is 18.6. The fraction of sp³-hybridized carbons (Fsp3) is 0.545. The number of likely N-dealkylation sites (tertiary alicyclic amines) is 1. The van der Waals surface area contributed by atoms with Crippen LogP contribution in [0.4, 0.5) is 0 Å². The van der Waals surface area contributed by atoms with E-state index in [1.165, 1.54) is 58.7 Å². The van der Waals surface area contributed by atoms with Crippen LogP contribution in [0.2, 0.25) is 0 Å². The number of carbonyl (C=O) groups excluding carboxylic acids is 1. The van der Waals surface area contributed by atoms with Gasteiger partial charge in [-0.15, -0.1) is 11.3 Å². The molecule has 0 radical (unpaired) electrons. The summed E-state index contributed by atoms with van der Waals surface area (Å²) in [5.41, 5.74) is 2.62.